The van der Waals surface area contributed by atoms with Gasteiger partial charge in [-0.05, 0) is 11.1 Å². The van der Waals surface area contributed by atoms with Crippen LogP contribution >= 0.6 is 0 Å². The van der Waals surface area contributed by atoms with E-state index in [9.17, 15) is 9.59 Å². The van der Waals surface area contributed by atoms with Crippen molar-refractivity contribution in [3.8, 4) is 0 Å². The van der Waals surface area contributed by atoms with Crippen LogP contribution in [-0.4, -0.2) is 17.0 Å². The molecule has 0 aliphatic rings. The highest BCUT2D eigenvalue weighted by Gasteiger charge is 2.14. The zero-order chi connectivity index (χ0) is 15.8. The van der Waals surface area contributed by atoms with Crippen LogP contribution in [0.15, 0.2) is 72.3 Å². The first-order chi connectivity index (χ1) is 10.6. The first kappa shape index (κ1) is 15.5. The third kappa shape index (κ3) is 4.90. The standard InChI is InChI=1S/C18H16O4/c19-17(20)12-16(11-14-7-3-1-4-8-14)18(21)22-13-15-9-5-2-6-10-15/h1-10,12H,11,13H2,(H,19,20)/b16-12-. The van der Waals surface area contributed by atoms with Crippen molar-refractivity contribution in [2.24, 2.45) is 0 Å². The lowest BCUT2D eigenvalue weighted by molar-refractivity contribution is -0.141. The Morgan fingerprint density at radius 2 is 1.45 bits per heavy atom. The van der Waals surface area contributed by atoms with Crippen molar-refractivity contribution in [2.45, 2.75) is 13.0 Å². The highest BCUT2D eigenvalue weighted by atomic mass is 16.5. The molecular formula is C18H16O4. The summed E-state index contributed by atoms with van der Waals surface area (Å²) in [6.45, 7) is 0.116. The molecule has 0 amide bonds. The highest BCUT2D eigenvalue weighted by Crippen LogP contribution is 2.11. The van der Waals surface area contributed by atoms with Crippen molar-refractivity contribution in [1.82, 2.24) is 0 Å². The van der Waals surface area contributed by atoms with Crippen molar-refractivity contribution in [3.63, 3.8) is 0 Å². The predicted octanol–water partition coefficient (Wildman–Crippen LogP) is 2.98. The van der Waals surface area contributed by atoms with Gasteiger partial charge in [-0.1, -0.05) is 60.7 Å². The summed E-state index contributed by atoms with van der Waals surface area (Å²) in [7, 11) is 0. The lowest BCUT2D eigenvalue weighted by Crippen LogP contribution is -2.12. The maximum Gasteiger partial charge on any atom is 0.334 e. The van der Waals surface area contributed by atoms with E-state index >= 15 is 0 Å². The molecule has 0 heterocycles. The van der Waals surface area contributed by atoms with Gasteiger partial charge in [0, 0.05) is 18.1 Å². The van der Waals surface area contributed by atoms with Gasteiger partial charge in [0.1, 0.15) is 6.61 Å². The van der Waals surface area contributed by atoms with Crippen molar-refractivity contribution in [3.05, 3.63) is 83.4 Å². The average Bonchev–Trinajstić information content (AvgIpc) is 2.53. The molecule has 0 saturated heterocycles. The first-order valence-corrected chi connectivity index (χ1v) is 6.83. The minimum Gasteiger partial charge on any atom is -0.478 e. The number of carboxylic acid groups (broad SMARTS) is 1. The van der Waals surface area contributed by atoms with E-state index in [1.165, 1.54) is 0 Å². The molecule has 0 bridgehead atoms. The molecule has 112 valence electrons. The van der Waals surface area contributed by atoms with Gasteiger partial charge in [0.15, 0.2) is 0 Å². The molecule has 0 aromatic heterocycles. The Kier molecular flexibility index (Phi) is 5.49. The van der Waals surface area contributed by atoms with Crippen LogP contribution in [0.1, 0.15) is 11.1 Å². The molecule has 4 heteroatoms. The fourth-order valence-corrected chi connectivity index (χ4v) is 1.96. The summed E-state index contributed by atoms with van der Waals surface area (Å²) in [5.41, 5.74) is 1.83. The Bertz CT molecular complexity index is 660. The molecule has 2 aromatic carbocycles. The van der Waals surface area contributed by atoms with Crippen molar-refractivity contribution < 1.29 is 19.4 Å². The smallest absolute Gasteiger partial charge is 0.334 e. The minimum atomic E-state index is -1.16. The van der Waals surface area contributed by atoms with Crippen molar-refractivity contribution in [2.75, 3.05) is 0 Å². The van der Waals surface area contributed by atoms with Crippen molar-refractivity contribution in [1.29, 1.82) is 0 Å². The summed E-state index contributed by atoms with van der Waals surface area (Å²) in [6, 6.07) is 18.4. The number of carbonyl (C=O) groups excluding carboxylic acids is 1. The average molecular weight is 296 g/mol. The molecule has 2 aromatic rings. The molecule has 0 aliphatic heterocycles. The number of hydrogen-bond donors (Lipinski definition) is 1. The van der Waals surface area contributed by atoms with Crippen LogP contribution in [-0.2, 0) is 27.4 Å². The van der Waals surface area contributed by atoms with Crippen LogP contribution in [0.2, 0.25) is 0 Å². The number of carbonyl (C=O) groups is 2. The lowest BCUT2D eigenvalue weighted by Gasteiger charge is -2.08. The molecule has 0 aliphatic carbocycles. The molecule has 0 unspecified atom stereocenters. The van der Waals surface area contributed by atoms with Gasteiger partial charge < -0.3 is 9.84 Å². The van der Waals surface area contributed by atoms with Gasteiger partial charge in [0.25, 0.3) is 0 Å². The molecule has 1 N–H and O–H groups in total. The molecular weight excluding hydrogens is 280 g/mol. The Balaban J connectivity index is 2.05. The van der Waals surface area contributed by atoms with Gasteiger partial charge in [-0.3, -0.25) is 0 Å². The summed E-state index contributed by atoms with van der Waals surface area (Å²) >= 11 is 0. The predicted molar refractivity (Wildman–Crippen MR) is 82.1 cm³/mol. The Labute approximate surface area is 128 Å². The zero-order valence-electron chi connectivity index (χ0n) is 11.9. The van der Waals surface area contributed by atoms with E-state index in [2.05, 4.69) is 0 Å². The van der Waals surface area contributed by atoms with E-state index in [-0.39, 0.29) is 18.6 Å². The highest BCUT2D eigenvalue weighted by molar-refractivity contribution is 5.96. The third-order valence-electron chi connectivity index (χ3n) is 3.01. The van der Waals surface area contributed by atoms with Gasteiger partial charge >= 0.3 is 11.9 Å². The largest absolute Gasteiger partial charge is 0.478 e. The quantitative estimate of drug-likeness (QED) is 0.657. The summed E-state index contributed by atoms with van der Waals surface area (Å²) in [5.74, 6) is -1.78. The summed E-state index contributed by atoms with van der Waals surface area (Å²) in [5, 5.41) is 8.91. The van der Waals surface area contributed by atoms with E-state index in [4.69, 9.17) is 9.84 Å². The molecule has 0 spiro atoms. The van der Waals surface area contributed by atoms with Crippen LogP contribution < -0.4 is 0 Å². The van der Waals surface area contributed by atoms with Gasteiger partial charge in [-0.15, -0.1) is 0 Å². The summed E-state index contributed by atoms with van der Waals surface area (Å²) in [6.07, 6.45) is 1.13. The molecule has 0 atom stereocenters. The van der Waals surface area contributed by atoms with Gasteiger partial charge in [0.2, 0.25) is 0 Å². The first-order valence-electron chi connectivity index (χ1n) is 6.83. The van der Waals surface area contributed by atoms with E-state index in [0.717, 1.165) is 17.2 Å². The van der Waals surface area contributed by atoms with E-state index in [1.807, 2.05) is 60.7 Å². The second-order valence-corrected chi connectivity index (χ2v) is 4.73. The fourth-order valence-electron chi connectivity index (χ4n) is 1.96. The van der Waals surface area contributed by atoms with Gasteiger partial charge in [0.05, 0.1) is 0 Å². The van der Waals surface area contributed by atoms with Crippen LogP contribution in [0.4, 0.5) is 0 Å². The number of rotatable bonds is 6. The van der Waals surface area contributed by atoms with Crippen molar-refractivity contribution >= 4 is 11.9 Å². The van der Waals surface area contributed by atoms with Crippen LogP contribution in [0.3, 0.4) is 0 Å². The zero-order valence-corrected chi connectivity index (χ0v) is 11.9. The summed E-state index contributed by atoms with van der Waals surface area (Å²) < 4.78 is 5.19. The number of benzene rings is 2. The number of esters is 1. The van der Waals surface area contributed by atoms with Gasteiger partial charge in [-0.2, -0.15) is 0 Å². The molecule has 2 rings (SSSR count). The SMILES string of the molecule is O=C(O)/C=C(/Cc1ccccc1)C(=O)OCc1ccccc1. The molecule has 4 nitrogen and oxygen atoms in total. The van der Waals surface area contributed by atoms with E-state index in [1.54, 1.807) is 0 Å². The van der Waals surface area contributed by atoms with Gasteiger partial charge in [-0.25, -0.2) is 9.59 Å². The maximum absolute atomic E-state index is 12.1. The minimum absolute atomic E-state index is 0.116. The number of carboxylic acids is 1. The number of ether oxygens (including phenoxy) is 1. The monoisotopic (exact) mass is 296 g/mol. The second kappa shape index (κ2) is 7.78. The Morgan fingerprint density at radius 3 is 2.00 bits per heavy atom. The summed E-state index contributed by atoms with van der Waals surface area (Å²) in [4.78, 5) is 23.0. The van der Waals surface area contributed by atoms with E-state index < -0.39 is 11.9 Å². The molecule has 0 radical (unpaired) electrons. The van der Waals surface area contributed by atoms with E-state index in [0.29, 0.717) is 0 Å². The second-order valence-electron chi connectivity index (χ2n) is 4.73. The topological polar surface area (TPSA) is 63.6 Å². The fraction of sp³-hybridized carbons (Fsp3) is 0.111. The van der Waals surface area contributed by atoms with Crippen LogP contribution in [0.5, 0.6) is 0 Å². The Morgan fingerprint density at radius 1 is 0.909 bits per heavy atom. The maximum atomic E-state index is 12.1. The molecule has 0 fully saturated rings. The number of aliphatic carboxylic acids is 1. The molecule has 0 saturated carbocycles. The number of hydrogen-bond acceptors (Lipinski definition) is 3. The molecule has 22 heavy (non-hydrogen) atoms. The van der Waals surface area contributed by atoms with Crippen LogP contribution in [0.25, 0.3) is 0 Å². The Hall–Kier alpha value is -2.88. The third-order valence-corrected chi connectivity index (χ3v) is 3.01. The lowest BCUT2D eigenvalue weighted by atomic mass is 10.1. The normalized spacial score (nSPS) is 11.0. The van der Waals surface area contributed by atoms with Crippen LogP contribution in [0, 0.1) is 0 Å².